The van der Waals surface area contributed by atoms with Crippen LogP contribution in [0.2, 0.25) is 0 Å². The van der Waals surface area contributed by atoms with Crippen molar-refractivity contribution in [2.45, 2.75) is 31.4 Å². The maximum absolute atomic E-state index is 11.7. The molecule has 1 heterocycles. The van der Waals surface area contributed by atoms with E-state index in [1.807, 2.05) is 36.5 Å². The third-order valence-corrected chi connectivity index (χ3v) is 4.02. The van der Waals surface area contributed by atoms with Gasteiger partial charge in [0.1, 0.15) is 0 Å². The zero-order chi connectivity index (χ0) is 15.4. The Balaban J connectivity index is 1.46. The minimum atomic E-state index is -0.692. The number of urea groups is 1. The third kappa shape index (κ3) is 3.46. The number of carbonyl (C=O) groups excluding carboxylic acids is 1. The Morgan fingerprint density at radius 2 is 2.05 bits per heavy atom. The van der Waals surface area contributed by atoms with Gasteiger partial charge in [-0.2, -0.15) is 5.10 Å². The Hall–Kier alpha value is -2.34. The number of nitrogens with one attached hydrogen (secondary N) is 2. The molecule has 0 radical (unpaired) electrons. The van der Waals surface area contributed by atoms with E-state index in [9.17, 15) is 9.90 Å². The number of hydrogen-bond acceptors (Lipinski definition) is 3. The molecule has 3 N–H and O–H groups in total. The molecular formula is C16H20N4O2. The smallest absolute Gasteiger partial charge is 0.315 e. The molecule has 22 heavy (non-hydrogen) atoms. The summed E-state index contributed by atoms with van der Waals surface area (Å²) in [5.74, 6) is 0. The van der Waals surface area contributed by atoms with Gasteiger partial charge in [0.05, 0.1) is 11.3 Å². The fraction of sp³-hybridized carbons (Fsp3) is 0.375. The molecule has 1 fully saturated rings. The van der Waals surface area contributed by atoms with E-state index in [1.165, 1.54) is 0 Å². The van der Waals surface area contributed by atoms with E-state index < -0.39 is 5.60 Å². The normalized spacial score (nSPS) is 15.9. The van der Waals surface area contributed by atoms with E-state index in [2.05, 4.69) is 15.7 Å². The van der Waals surface area contributed by atoms with Crippen LogP contribution in [0.4, 0.5) is 4.79 Å². The van der Waals surface area contributed by atoms with Gasteiger partial charge in [0.2, 0.25) is 0 Å². The van der Waals surface area contributed by atoms with Crippen LogP contribution in [0.15, 0.2) is 42.7 Å². The summed E-state index contributed by atoms with van der Waals surface area (Å²) in [6, 6.07) is 9.44. The molecule has 1 saturated carbocycles. The summed E-state index contributed by atoms with van der Waals surface area (Å²) in [6.07, 6.45) is 6.18. The van der Waals surface area contributed by atoms with Gasteiger partial charge in [0.25, 0.3) is 0 Å². The van der Waals surface area contributed by atoms with Crippen LogP contribution in [0.25, 0.3) is 5.69 Å². The highest BCUT2D eigenvalue weighted by molar-refractivity contribution is 5.73. The molecule has 1 aromatic heterocycles. The molecule has 6 nitrogen and oxygen atoms in total. The fourth-order valence-electron chi connectivity index (χ4n) is 2.44. The number of amides is 2. The number of rotatable bonds is 5. The maximum Gasteiger partial charge on any atom is 0.315 e. The molecule has 2 amide bonds. The Bertz CT molecular complexity index is 618. The van der Waals surface area contributed by atoms with E-state index in [1.54, 1.807) is 10.9 Å². The molecule has 116 valence electrons. The summed E-state index contributed by atoms with van der Waals surface area (Å²) < 4.78 is 1.78. The fourth-order valence-corrected chi connectivity index (χ4v) is 2.44. The second-order valence-corrected chi connectivity index (χ2v) is 5.73. The van der Waals surface area contributed by atoms with Crippen LogP contribution in [0.5, 0.6) is 0 Å². The highest BCUT2D eigenvalue weighted by atomic mass is 16.3. The molecular weight excluding hydrogens is 280 g/mol. The lowest BCUT2D eigenvalue weighted by Crippen LogP contribution is -2.49. The molecule has 1 aliphatic carbocycles. The van der Waals surface area contributed by atoms with Gasteiger partial charge in [-0.15, -0.1) is 0 Å². The van der Waals surface area contributed by atoms with E-state index in [0.29, 0.717) is 13.1 Å². The molecule has 2 aromatic rings. The van der Waals surface area contributed by atoms with Crippen molar-refractivity contribution < 1.29 is 9.90 Å². The van der Waals surface area contributed by atoms with Crippen molar-refractivity contribution in [3.8, 4) is 5.69 Å². The molecule has 1 aliphatic rings. The van der Waals surface area contributed by atoms with Crippen molar-refractivity contribution in [2.24, 2.45) is 0 Å². The summed E-state index contributed by atoms with van der Waals surface area (Å²) in [5.41, 5.74) is 1.29. The van der Waals surface area contributed by atoms with Gasteiger partial charge in [-0.1, -0.05) is 12.1 Å². The number of hydrogen-bond donors (Lipinski definition) is 3. The average Bonchev–Trinajstić information content (AvgIpc) is 3.04. The number of aliphatic hydroxyl groups is 1. The predicted molar refractivity (Wildman–Crippen MR) is 82.6 cm³/mol. The summed E-state index contributed by atoms with van der Waals surface area (Å²) in [5, 5.41) is 19.6. The average molecular weight is 300 g/mol. The SMILES string of the molecule is O=C(NCc1ccc(-n2cccn2)cc1)NCC1(O)CCC1. The van der Waals surface area contributed by atoms with Gasteiger partial charge in [-0.3, -0.25) is 0 Å². The van der Waals surface area contributed by atoms with E-state index in [4.69, 9.17) is 0 Å². The Kier molecular flexibility index (Phi) is 4.11. The number of benzene rings is 1. The highest BCUT2D eigenvalue weighted by Gasteiger charge is 2.34. The lowest BCUT2D eigenvalue weighted by Gasteiger charge is -2.36. The molecule has 6 heteroatoms. The molecule has 0 atom stereocenters. The van der Waals surface area contributed by atoms with Gasteiger partial charge >= 0.3 is 6.03 Å². The minimum Gasteiger partial charge on any atom is -0.388 e. The third-order valence-electron chi connectivity index (χ3n) is 4.02. The number of nitrogens with zero attached hydrogens (tertiary/aromatic N) is 2. The van der Waals surface area contributed by atoms with E-state index in [-0.39, 0.29) is 6.03 Å². The first-order valence-electron chi connectivity index (χ1n) is 7.48. The second kappa shape index (κ2) is 6.19. The molecule has 1 aromatic carbocycles. The van der Waals surface area contributed by atoms with Crippen LogP contribution in [0.1, 0.15) is 24.8 Å². The Morgan fingerprint density at radius 3 is 2.64 bits per heavy atom. The maximum atomic E-state index is 11.7. The van der Waals surface area contributed by atoms with Crippen LogP contribution < -0.4 is 10.6 Å². The van der Waals surface area contributed by atoms with Gasteiger partial charge in [-0.05, 0) is 43.0 Å². The quantitative estimate of drug-likeness (QED) is 0.784. The van der Waals surface area contributed by atoms with Crippen LogP contribution in [0, 0.1) is 0 Å². The summed E-state index contributed by atoms with van der Waals surface area (Å²) >= 11 is 0. The van der Waals surface area contributed by atoms with Crippen LogP contribution in [-0.2, 0) is 6.54 Å². The number of carbonyl (C=O) groups is 1. The minimum absolute atomic E-state index is 0.253. The van der Waals surface area contributed by atoms with Gasteiger partial charge in [0, 0.05) is 25.5 Å². The molecule has 0 aliphatic heterocycles. The molecule has 0 saturated heterocycles. The Labute approximate surface area is 129 Å². The van der Waals surface area contributed by atoms with Crippen molar-refractivity contribution >= 4 is 6.03 Å². The second-order valence-electron chi connectivity index (χ2n) is 5.73. The largest absolute Gasteiger partial charge is 0.388 e. The Morgan fingerprint density at radius 1 is 1.27 bits per heavy atom. The molecule has 0 spiro atoms. The van der Waals surface area contributed by atoms with Crippen LogP contribution >= 0.6 is 0 Å². The first-order valence-corrected chi connectivity index (χ1v) is 7.48. The zero-order valence-electron chi connectivity index (χ0n) is 12.3. The van der Waals surface area contributed by atoms with Crippen molar-refractivity contribution in [3.05, 3.63) is 48.3 Å². The van der Waals surface area contributed by atoms with Crippen molar-refractivity contribution in [2.75, 3.05) is 6.54 Å². The van der Waals surface area contributed by atoms with Gasteiger partial charge in [0.15, 0.2) is 0 Å². The summed E-state index contributed by atoms with van der Waals surface area (Å²) in [7, 11) is 0. The first-order chi connectivity index (χ1) is 10.6. The zero-order valence-corrected chi connectivity index (χ0v) is 12.3. The lowest BCUT2D eigenvalue weighted by molar-refractivity contribution is -0.0290. The highest BCUT2D eigenvalue weighted by Crippen LogP contribution is 2.30. The van der Waals surface area contributed by atoms with Crippen molar-refractivity contribution in [1.29, 1.82) is 0 Å². The summed E-state index contributed by atoms with van der Waals surface area (Å²) in [6.45, 7) is 0.765. The standard InChI is InChI=1S/C16H20N4O2/c21-15(18-12-16(22)7-1-8-16)17-11-13-3-5-14(6-4-13)20-10-2-9-19-20/h2-6,9-10,22H,1,7-8,11-12H2,(H2,17,18,21). The molecule has 3 rings (SSSR count). The topological polar surface area (TPSA) is 79.2 Å². The van der Waals surface area contributed by atoms with Crippen LogP contribution in [-0.4, -0.2) is 33.1 Å². The van der Waals surface area contributed by atoms with Gasteiger partial charge in [-0.25, -0.2) is 9.48 Å². The van der Waals surface area contributed by atoms with Crippen molar-refractivity contribution in [1.82, 2.24) is 20.4 Å². The monoisotopic (exact) mass is 300 g/mol. The molecule has 0 bridgehead atoms. The van der Waals surface area contributed by atoms with E-state index in [0.717, 1.165) is 30.5 Å². The van der Waals surface area contributed by atoms with Crippen LogP contribution in [0.3, 0.4) is 0 Å². The van der Waals surface area contributed by atoms with Gasteiger partial charge < -0.3 is 15.7 Å². The lowest BCUT2D eigenvalue weighted by atomic mass is 9.80. The molecule has 0 unspecified atom stereocenters. The number of aromatic nitrogens is 2. The van der Waals surface area contributed by atoms with E-state index >= 15 is 0 Å². The summed E-state index contributed by atoms with van der Waals surface area (Å²) in [4.78, 5) is 11.7. The first kappa shape index (κ1) is 14.6. The van der Waals surface area contributed by atoms with Crippen molar-refractivity contribution in [3.63, 3.8) is 0 Å². The predicted octanol–water partition coefficient (Wildman–Crippen LogP) is 1.59.